The Morgan fingerprint density at radius 1 is 0.297 bits per heavy atom. The molecular formula is C6H18BaO24P6. The molecule has 0 atom stereocenters. The molecule has 0 spiro atoms. The molecule has 218 valence electrons. The smallest absolute Gasteiger partial charge is 0.303 e. The first kappa shape index (κ1) is 39.2. The number of hydrogen-bond donors (Lipinski definition) is 12. The average molecular weight is 797 g/mol. The van der Waals surface area contributed by atoms with Crippen LogP contribution in [0.2, 0.25) is 0 Å². The van der Waals surface area contributed by atoms with Crippen LogP contribution in [0.5, 0.6) is 0 Å². The molecule has 12 N–H and O–H groups in total. The van der Waals surface area contributed by atoms with Crippen molar-refractivity contribution in [1.82, 2.24) is 0 Å². The van der Waals surface area contributed by atoms with Crippen LogP contribution in [0.4, 0.5) is 0 Å². The predicted octanol–water partition coefficient (Wildman–Crippen LogP) is -3.51. The van der Waals surface area contributed by atoms with E-state index in [2.05, 4.69) is 27.1 Å². The molecule has 0 bridgehead atoms. The maximum Gasteiger partial charge on any atom is 0.470 e. The van der Waals surface area contributed by atoms with Crippen LogP contribution in [-0.2, 0) is 54.5 Å². The predicted molar refractivity (Wildman–Crippen MR) is 107 cm³/mol. The van der Waals surface area contributed by atoms with Crippen molar-refractivity contribution in [3.05, 3.63) is 0 Å². The zero-order valence-electron chi connectivity index (χ0n) is 17.1. The summed E-state index contributed by atoms with van der Waals surface area (Å²) in [5.74, 6) is 0. The normalized spacial score (nSPS) is 28.5. The zero-order chi connectivity index (χ0) is 28.7. The Morgan fingerprint density at radius 3 is 0.432 bits per heavy atom. The van der Waals surface area contributed by atoms with Gasteiger partial charge in [-0.3, -0.25) is 27.1 Å². The minimum Gasteiger partial charge on any atom is -0.303 e. The van der Waals surface area contributed by atoms with Crippen LogP contribution < -0.4 is 0 Å². The van der Waals surface area contributed by atoms with Crippen LogP contribution in [-0.4, -0.2) is 144 Å². The van der Waals surface area contributed by atoms with Crippen molar-refractivity contribution in [3.8, 4) is 0 Å². The molecule has 0 aliphatic heterocycles. The third-order valence-electron chi connectivity index (χ3n) is 3.50. The van der Waals surface area contributed by atoms with Crippen LogP contribution in [0.25, 0.3) is 0 Å². The molecule has 0 aromatic heterocycles. The Bertz CT molecular complexity index is 824. The summed E-state index contributed by atoms with van der Waals surface area (Å²) in [5.41, 5.74) is 0. The molecule has 0 aromatic rings. The van der Waals surface area contributed by atoms with Gasteiger partial charge in [-0.1, -0.05) is 0 Å². The fourth-order valence-corrected chi connectivity index (χ4v) is 6.14. The monoisotopic (exact) mass is 798 g/mol. The van der Waals surface area contributed by atoms with Gasteiger partial charge in [0.15, 0.2) is 0 Å². The molecule has 0 heterocycles. The summed E-state index contributed by atoms with van der Waals surface area (Å²) in [6.07, 6.45) is -18.9. The van der Waals surface area contributed by atoms with E-state index in [1.807, 2.05) is 0 Å². The summed E-state index contributed by atoms with van der Waals surface area (Å²) in [4.78, 5) is 110. The summed E-state index contributed by atoms with van der Waals surface area (Å²) in [6, 6.07) is 0. The fraction of sp³-hybridized carbons (Fsp3) is 1.00. The third-order valence-corrected chi connectivity index (χ3v) is 6.61. The average Bonchev–Trinajstić information content (AvgIpc) is 2.51. The molecule has 1 saturated carbocycles. The quantitative estimate of drug-likeness (QED) is 0.0673. The minimum absolute atomic E-state index is 0. The Balaban J connectivity index is 0.0000130. The summed E-state index contributed by atoms with van der Waals surface area (Å²) in [7, 11) is -36.1. The van der Waals surface area contributed by atoms with Crippen LogP contribution in [0.15, 0.2) is 0 Å². The SMILES string of the molecule is O=P(O)(O)OC1C(OP(=O)(O)O)C(OP(=O)(O)O)C(OP(=O)(O)O)C(OP(=O)(O)O)C1OP(=O)(O)O.[Ba]. The van der Waals surface area contributed by atoms with Crippen molar-refractivity contribution in [3.63, 3.8) is 0 Å². The maximum absolute atomic E-state index is 11.4. The molecule has 31 heteroatoms. The van der Waals surface area contributed by atoms with Gasteiger partial charge < -0.3 is 58.7 Å². The van der Waals surface area contributed by atoms with E-state index in [9.17, 15) is 27.4 Å². The van der Waals surface area contributed by atoms with E-state index in [1.165, 1.54) is 0 Å². The molecule has 1 aliphatic carbocycles. The van der Waals surface area contributed by atoms with Crippen LogP contribution in [0.1, 0.15) is 0 Å². The first-order valence-electron chi connectivity index (χ1n) is 8.01. The largest absolute Gasteiger partial charge is 0.470 e. The van der Waals surface area contributed by atoms with Crippen molar-refractivity contribution in [2.75, 3.05) is 0 Å². The number of hydrogen-bond acceptors (Lipinski definition) is 12. The van der Waals surface area contributed by atoms with E-state index in [1.54, 1.807) is 0 Å². The van der Waals surface area contributed by atoms with Gasteiger partial charge >= 0.3 is 46.9 Å². The molecule has 1 fully saturated rings. The van der Waals surface area contributed by atoms with Crippen LogP contribution in [0, 0.1) is 0 Å². The van der Waals surface area contributed by atoms with Crippen LogP contribution in [0.3, 0.4) is 0 Å². The van der Waals surface area contributed by atoms with E-state index in [0.717, 1.165) is 0 Å². The third kappa shape index (κ3) is 15.9. The fourth-order valence-electron chi connectivity index (χ4n) is 2.79. The molecule has 0 unspecified atom stereocenters. The van der Waals surface area contributed by atoms with Gasteiger partial charge in [0.1, 0.15) is 36.6 Å². The molecule has 1 aliphatic rings. The van der Waals surface area contributed by atoms with E-state index in [-0.39, 0.29) is 48.9 Å². The summed E-state index contributed by atoms with van der Waals surface area (Å²) in [5, 5.41) is 0. The van der Waals surface area contributed by atoms with Gasteiger partial charge in [0.25, 0.3) is 0 Å². The molecule has 37 heavy (non-hydrogen) atoms. The molecule has 0 saturated heterocycles. The van der Waals surface area contributed by atoms with Gasteiger partial charge in [-0.15, -0.1) is 0 Å². The van der Waals surface area contributed by atoms with Gasteiger partial charge in [-0.25, -0.2) is 27.4 Å². The Hall–Kier alpha value is 2.23. The van der Waals surface area contributed by atoms with Crippen LogP contribution >= 0.6 is 46.9 Å². The van der Waals surface area contributed by atoms with Crippen molar-refractivity contribution in [2.24, 2.45) is 0 Å². The zero-order valence-corrected chi connectivity index (χ0v) is 26.9. The molecule has 0 amide bonds. The van der Waals surface area contributed by atoms with E-state index in [4.69, 9.17) is 58.7 Å². The van der Waals surface area contributed by atoms with Gasteiger partial charge in [0, 0.05) is 48.9 Å². The second-order valence-corrected chi connectivity index (χ2v) is 13.5. The second-order valence-electron chi connectivity index (χ2n) is 6.36. The van der Waals surface area contributed by atoms with Crippen molar-refractivity contribution in [2.45, 2.75) is 36.6 Å². The first-order valence-corrected chi connectivity index (χ1v) is 17.2. The maximum atomic E-state index is 11.4. The number of rotatable bonds is 12. The summed E-state index contributed by atoms with van der Waals surface area (Å²) < 4.78 is 93.1. The van der Waals surface area contributed by atoms with Gasteiger partial charge in [0.2, 0.25) is 0 Å². The standard InChI is InChI=1S/C6H18O24P6.Ba/c7-31(8,9)25-1-2(26-32(10,11)12)4(28-34(16,17)18)6(30-36(22,23)24)5(29-35(19,20)21)3(1)27-33(13,14)15;/h1-6H,(H2,7,8,9)(H2,10,11,12)(H2,13,14,15)(H2,16,17,18)(H2,19,20,21)(H2,22,23,24);. The topological polar surface area (TPSA) is 401 Å². The second kappa shape index (κ2) is 13.7. The van der Waals surface area contributed by atoms with Gasteiger partial charge in [-0.2, -0.15) is 0 Å². The van der Waals surface area contributed by atoms with Crippen molar-refractivity contribution < 1.29 is 113 Å². The Morgan fingerprint density at radius 2 is 0.378 bits per heavy atom. The molecule has 2 radical (unpaired) electrons. The minimum atomic E-state index is -6.02. The first-order chi connectivity index (χ1) is 15.6. The van der Waals surface area contributed by atoms with E-state index >= 15 is 0 Å². The number of phosphoric ester groups is 6. The summed E-state index contributed by atoms with van der Waals surface area (Å²) in [6.45, 7) is 0. The summed E-state index contributed by atoms with van der Waals surface area (Å²) >= 11 is 0. The Labute approximate surface area is 244 Å². The number of phosphoric acid groups is 6. The molecule has 24 nitrogen and oxygen atoms in total. The van der Waals surface area contributed by atoms with Gasteiger partial charge in [0.05, 0.1) is 0 Å². The molecule has 0 aromatic carbocycles. The molecule has 1 rings (SSSR count). The van der Waals surface area contributed by atoms with Gasteiger partial charge in [-0.05, 0) is 0 Å². The van der Waals surface area contributed by atoms with Crippen molar-refractivity contribution >= 4 is 95.8 Å². The van der Waals surface area contributed by atoms with Crippen molar-refractivity contribution in [1.29, 1.82) is 0 Å². The van der Waals surface area contributed by atoms with E-state index in [0.29, 0.717) is 0 Å². The molecular weight excluding hydrogens is 779 g/mol. The Kier molecular flexibility index (Phi) is 14.5. The van der Waals surface area contributed by atoms with E-state index < -0.39 is 83.6 Å².